The van der Waals surface area contributed by atoms with Crippen molar-refractivity contribution in [1.82, 2.24) is 4.31 Å². The van der Waals surface area contributed by atoms with E-state index in [1.165, 1.54) is 22.5 Å². The van der Waals surface area contributed by atoms with Crippen molar-refractivity contribution in [3.63, 3.8) is 0 Å². The van der Waals surface area contributed by atoms with Crippen molar-refractivity contribution in [2.45, 2.75) is 42.9 Å². The van der Waals surface area contributed by atoms with E-state index < -0.39 is 21.3 Å². The molecule has 178 valence electrons. The third kappa shape index (κ3) is 4.76. The van der Waals surface area contributed by atoms with Gasteiger partial charge in [-0.15, -0.1) is 0 Å². The zero-order valence-electron chi connectivity index (χ0n) is 18.7. The van der Waals surface area contributed by atoms with Crippen LogP contribution in [0.5, 0.6) is 5.75 Å². The first-order chi connectivity index (χ1) is 15.9. The van der Waals surface area contributed by atoms with Crippen molar-refractivity contribution in [1.29, 1.82) is 0 Å². The molecule has 0 saturated carbocycles. The van der Waals surface area contributed by atoms with E-state index in [1.807, 2.05) is 0 Å². The van der Waals surface area contributed by atoms with Crippen molar-refractivity contribution >= 4 is 21.6 Å². The lowest BCUT2D eigenvalue weighted by molar-refractivity contribution is -0.125. The number of rotatable bonds is 7. The van der Waals surface area contributed by atoms with Crippen LogP contribution in [-0.4, -0.2) is 51.5 Å². The fourth-order valence-electron chi connectivity index (χ4n) is 4.53. The van der Waals surface area contributed by atoms with Gasteiger partial charge in [0.15, 0.2) is 0 Å². The van der Waals surface area contributed by atoms with Crippen molar-refractivity contribution in [3.05, 3.63) is 53.8 Å². The monoisotopic (exact) mass is 476 g/mol. The number of nitrogens with zero attached hydrogens (tertiary/aromatic N) is 1. The molecular formula is C24H29FN2O5S. The summed E-state index contributed by atoms with van der Waals surface area (Å²) in [6.45, 7) is 3.79. The molecule has 2 heterocycles. The predicted molar refractivity (Wildman–Crippen MR) is 122 cm³/mol. The van der Waals surface area contributed by atoms with Gasteiger partial charge < -0.3 is 14.8 Å². The highest BCUT2D eigenvalue weighted by atomic mass is 32.2. The van der Waals surface area contributed by atoms with E-state index in [0.717, 1.165) is 12.8 Å². The predicted octanol–water partition coefficient (Wildman–Crippen LogP) is 3.70. The zero-order valence-corrected chi connectivity index (χ0v) is 19.5. The number of benzene rings is 2. The summed E-state index contributed by atoms with van der Waals surface area (Å²) in [5.74, 6) is -0.468. The van der Waals surface area contributed by atoms with Gasteiger partial charge in [-0.05, 0) is 68.5 Å². The van der Waals surface area contributed by atoms with E-state index in [1.54, 1.807) is 31.2 Å². The minimum absolute atomic E-state index is 0.0378. The fraction of sp³-hybridized carbons (Fsp3) is 0.458. The largest absolute Gasteiger partial charge is 0.492 e. The molecule has 1 N–H and O–H groups in total. The van der Waals surface area contributed by atoms with Crippen LogP contribution in [-0.2, 0) is 25.0 Å². The topological polar surface area (TPSA) is 84.9 Å². The molecule has 1 amide bonds. The highest BCUT2D eigenvalue weighted by molar-refractivity contribution is 7.89. The van der Waals surface area contributed by atoms with Crippen LogP contribution in [0.3, 0.4) is 0 Å². The average molecular weight is 477 g/mol. The molecule has 0 atom stereocenters. The van der Waals surface area contributed by atoms with Crippen LogP contribution in [0.15, 0.2) is 47.4 Å². The van der Waals surface area contributed by atoms with Crippen LogP contribution < -0.4 is 10.1 Å². The highest BCUT2D eigenvalue weighted by Gasteiger charge is 2.42. The third-order valence-corrected chi connectivity index (χ3v) is 8.26. The first-order valence-corrected chi connectivity index (χ1v) is 12.7. The van der Waals surface area contributed by atoms with Gasteiger partial charge >= 0.3 is 0 Å². The molecule has 2 fully saturated rings. The standard InChI is InChI=1S/C24H29FN2O5S/c1-2-32-21-9-8-20(17-22(21)33(29,30)27-12-3-4-13-27)26-23(28)24(10-14-31-15-11-24)18-6-5-7-19(25)16-18/h5-9,16-17H,2-4,10-15H2,1H3,(H,26,28). The smallest absolute Gasteiger partial charge is 0.246 e. The fourth-order valence-corrected chi connectivity index (χ4v) is 6.21. The lowest BCUT2D eigenvalue weighted by atomic mass is 9.73. The second-order valence-corrected chi connectivity index (χ2v) is 10.3. The number of amides is 1. The molecule has 7 nitrogen and oxygen atoms in total. The van der Waals surface area contributed by atoms with Gasteiger partial charge in [-0.2, -0.15) is 4.31 Å². The molecule has 0 aliphatic carbocycles. The van der Waals surface area contributed by atoms with Crippen molar-refractivity contribution in [3.8, 4) is 5.75 Å². The summed E-state index contributed by atoms with van der Waals surface area (Å²) >= 11 is 0. The minimum Gasteiger partial charge on any atom is -0.492 e. The molecule has 33 heavy (non-hydrogen) atoms. The summed E-state index contributed by atoms with van der Waals surface area (Å²) < 4.78 is 53.0. The van der Waals surface area contributed by atoms with Gasteiger partial charge in [-0.25, -0.2) is 12.8 Å². The van der Waals surface area contributed by atoms with Gasteiger partial charge in [-0.1, -0.05) is 12.1 Å². The van der Waals surface area contributed by atoms with Crippen molar-refractivity contribution in [2.75, 3.05) is 38.2 Å². The maximum Gasteiger partial charge on any atom is 0.246 e. The number of halogens is 1. The maximum atomic E-state index is 14.0. The number of carbonyl (C=O) groups is 1. The molecule has 4 rings (SSSR count). The quantitative estimate of drug-likeness (QED) is 0.659. The third-order valence-electron chi connectivity index (χ3n) is 6.34. The number of hydrogen-bond donors (Lipinski definition) is 1. The lowest BCUT2D eigenvalue weighted by Crippen LogP contribution is -2.45. The molecule has 0 spiro atoms. The van der Waals surface area contributed by atoms with Crippen LogP contribution in [0.25, 0.3) is 0 Å². The summed E-state index contributed by atoms with van der Waals surface area (Å²) in [5.41, 5.74) is -0.0323. The number of carbonyl (C=O) groups excluding carboxylic acids is 1. The Kier molecular flexibility index (Phi) is 7.02. The molecule has 2 saturated heterocycles. The number of anilines is 1. The summed E-state index contributed by atoms with van der Waals surface area (Å²) in [4.78, 5) is 13.6. The van der Waals surface area contributed by atoms with Crippen LogP contribution in [0.2, 0.25) is 0 Å². The van der Waals surface area contributed by atoms with Gasteiger partial charge in [0, 0.05) is 32.0 Å². The van der Waals surface area contributed by atoms with E-state index >= 15 is 0 Å². The molecule has 2 aliphatic rings. The molecule has 2 aromatic rings. The van der Waals surface area contributed by atoms with Gasteiger partial charge in [0.25, 0.3) is 0 Å². The Morgan fingerprint density at radius 3 is 2.55 bits per heavy atom. The average Bonchev–Trinajstić information content (AvgIpc) is 3.37. The van der Waals surface area contributed by atoms with E-state index in [-0.39, 0.29) is 16.6 Å². The Morgan fingerprint density at radius 1 is 1.15 bits per heavy atom. The van der Waals surface area contributed by atoms with Crippen molar-refractivity contribution < 1.29 is 27.1 Å². The molecular weight excluding hydrogens is 447 g/mol. The summed E-state index contributed by atoms with van der Waals surface area (Å²) in [7, 11) is -3.76. The van der Waals surface area contributed by atoms with E-state index in [9.17, 15) is 17.6 Å². The Bertz CT molecular complexity index is 1110. The maximum absolute atomic E-state index is 14.0. The molecule has 0 radical (unpaired) electrons. The molecule has 0 unspecified atom stereocenters. The van der Waals surface area contributed by atoms with Gasteiger partial charge in [-0.3, -0.25) is 4.79 Å². The highest BCUT2D eigenvalue weighted by Crippen LogP contribution is 2.37. The summed E-state index contributed by atoms with van der Waals surface area (Å²) in [6, 6.07) is 10.7. The van der Waals surface area contributed by atoms with Crippen LogP contribution in [0, 0.1) is 5.82 Å². The zero-order chi connectivity index (χ0) is 23.5. The second-order valence-electron chi connectivity index (χ2n) is 8.36. The molecule has 2 aromatic carbocycles. The lowest BCUT2D eigenvalue weighted by Gasteiger charge is -2.36. The molecule has 0 bridgehead atoms. The number of nitrogens with one attached hydrogen (secondary N) is 1. The van der Waals surface area contributed by atoms with Gasteiger partial charge in [0.1, 0.15) is 16.5 Å². The second kappa shape index (κ2) is 9.79. The number of ether oxygens (including phenoxy) is 2. The summed E-state index contributed by atoms with van der Waals surface area (Å²) in [5, 5.41) is 2.89. The van der Waals surface area contributed by atoms with Crippen molar-refractivity contribution in [2.24, 2.45) is 0 Å². The summed E-state index contributed by atoms with van der Waals surface area (Å²) in [6.07, 6.45) is 2.44. The van der Waals surface area contributed by atoms with E-state index in [2.05, 4.69) is 5.32 Å². The number of hydrogen-bond acceptors (Lipinski definition) is 5. The van der Waals surface area contributed by atoms with Gasteiger partial charge in [0.2, 0.25) is 15.9 Å². The Balaban J connectivity index is 1.68. The number of sulfonamides is 1. The normalized spacial score (nSPS) is 18.7. The minimum atomic E-state index is -3.76. The van der Waals surface area contributed by atoms with Crippen LogP contribution >= 0.6 is 0 Å². The Morgan fingerprint density at radius 2 is 1.88 bits per heavy atom. The SMILES string of the molecule is CCOc1ccc(NC(=O)C2(c3cccc(F)c3)CCOCC2)cc1S(=O)(=O)N1CCCC1. The Hall–Kier alpha value is -2.49. The first kappa shape index (κ1) is 23.7. The van der Waals surface area contributed by atoms with E-state index in [0.29, 0.717) is 57.0 Å². The van der Waals surface area contributed by atoms with Crippen LogP contribution in [0.4, 0.5) is 10.1 Å². The Labute approximate surface area is 193 Å². The molecule has 0 aromatic heterocycles. The van der Waals surface area contributed by atoms with Crippen LogP contribution in [0.1, 0.15) is 38.2 Å². The van der Waals surface area contributed by atoms with Gasteiger partial charge in [0.05, 0.1) is 12.0 Å². The molecule has 9 heteroatoms. The first-order valence-electron chi connectivity index (χ1n) is 11.3. The molecule has 2 aliphatic heterocycles. The van der Waals surface area contributed by atoms with E-state index in [4.69, 9.17) is 9.47 Å².